The Morgan fingerprint density at radius 1 is 1.05 bits per heavy atom. The lowest BCUT2D eigenvalue weighted by molar-refractivity contribution is 0.104. The number of hydrogen-bond donors (Lipinski definition) is 2. The maximum absolute atomic E-state index is 12.1. The van der Waals surface area contributed by atoms with E-state index in [1.807, 2.05) is 11.5 Å². The first kappa shape index (κ1) is 13.3. The highest BCUT2D eigenvalue weighted by Gasteiger charge is 2.13. The van der Waals surface area contributed by atoms with Crippen LogP contribution in [0.4, 0.5) is 5.69 Å². The van der Waals surface area contributed by atoms with E-state index in [0.717, 1.165) is 0 Å². The van der Waals surface area contributed by atoms with Gasteiger partial charge in [-0.05, 0) is 36.4 Å². The summed E-state index contributed by atoms with van der Waals surface area (Å²) >= 11 is 5.75. The number of nitrogens with one attached hydrogen (secondary N) is 1. The lowest BCUT2D eigenvalue weighted by atomic mass is 10.1. The van der Waals surface area contributed by atoms with Crippen molar-refractivity contribution in [2.24, 2.45) is 4.99 Å². The van der Waals surface area contributed by atoms with Crippen LogP contribution in [-0.2, 0) is 0 Å². The molecule has 0 radical (unpaired) electrons. The van der Waals surface area contributed by atoms with Gasteiger partial charge in [0, 0.05) is 10.6 Å². The third-order valence-electron chi connectivity index (χ3n) is 2.42. The first-order valence-electron chi connectivity index (χ1n) is 5.55. The van der Waals surface area contributed by atoms with Gasteiger partial charge in [0.25, 0.3) is 0 Å². The Hall–Kier alpha value is -2.17. The van der Waals surface area contributed by atoms with Gasteiger partial charge in [-0.15, -0.1) is 0 Å². The van der Waals surface area contributed by atoms with E-state index in [4.69, 9.17) is 16.8 Å². The molecule has 19 heavy (non-hydrogen) atoms. The maximum Gasteiger partial charge on any atom is 0.230 e. The number of Topliss-reactive ketones (excluding diaryl/α,β-unsaturated/α-hetero) is 1. The zero-order valence-electron chi connectivity index (χ0n) is 9.88. The summed E-state index contributed by atoms with van der Waals surface area (Å²) in [4.78, 5) is 16.1. The Morgan fingerprint density at radius 2 is 1.68 bits per heavy atom. The molecule has 2 aromatic carbocycles. The Morgan fingerprint density at radius 3 is 2.26 bits per heavy atom. The van der Waals surface area contributed by atoms with E-state index < -0.39 is 5.78 Å². The summed E-state index contributed by atoms with van der Waals surface area (Å²) in [5.41, 5.74) is 2.79. The summed E-state index contributed by atoms with van der Waals surface area (Å²) in [6.07, 6.45) is 0. The normalized spacial score (nSPS) is 11.2. The van der Waals surface area contributed by atoms with Crippen molar-refractivity contribution in [1.82, 2.24) is 5.48 Å². The minimum atomic E-state index is -0.414. The van der Waals surface area contributed by atoms with E-state index in [0.29, 0.717) is 16.3 Å². The van der Waals surface area contributed by atoms with Crippen molar-refractivity contribution >= 4 is 28.9 Å². The van der Waals surface area contributed by atoms with Crippen molar-refractivity contribution in [3.05, 3.63) is 65.2 Å². The second kappa shape index (κ2) is 6.13. The van der Waals surface area contributed by atoms with Gasteiger partial charge >= 0.3 is 0 Å². The van der Waals surface area contributed by atoms with Crippen molar-refractivity contribution in [1.29, 1.82) is 0 Å². The van der Waals surface area contributed by atoms with Gasteiger partial charge in [-0.1, -0.05) is 29.8 Å². The predicted molar refractivity (Wildman–Crippen MR) is 74.2 cm³/mol. The molecule has 0 spiro atoms. The maximum atomic E-state index is 12.1. The van der Waals surface area contributed by atoms with E-state index in [-0.39, 0.29) is 5.84 Å². The monoisotopic (exact) mass is 274 g/mol. The quantitative estimate of drug-likeness (QED) is 0.391. The van der Waals surface area contributed by atoms with Crippen molar-refractivity contribution in [3.63, 3.8) is 0 Å². The fourth-order valence-corrected chi connectivity index (χ4v) is 1.62. The smallest absolute Gasteiger partial charge is 0.230 e. The molecular weight excluding hydrogens is 264 g/mol. The van der Waals surface area contributed by atoms with E-state index in [9.17, 15) is 4.79 Å². The highest BCUT2D eigenvalue weighted by Crippen LogP contribution is 2.13. The van der Waals surface area contributed by atoms with Crippen molar-refractivity contribution in [2.75, 3.05) is 0 Å². The second-order valence-corrected chi connectivity index (χ2v) is 4.18. The number of carbonyl (C=O) groups is 1. The van der Waals surface area contributed by atoms with Crippen LogP contribution < -0.4 is 5.48 Å². The molecule has 0 aliphatic rings. The van der Waals surface area contributed by atoms with Crippen LogP contribution in [0.25, 0.3) is 0 Å². The number of hydroxylamine groups is 1. The van der Waals surface area contributed by atoms with Crippen molar-refractivity contribution in [2.45, 2.75) is 0 Å². The van der Waals surface area contributed by atoms with Crippen LogP contribution in [0.3, 0.4) is 0 Å². The number of rotatable bonds is 3. The predicted octanol–water partition coefficient (Wildman–Crippen LogP) is 3.23. The van der Waals surface area contributed by atoms with Crippen molar-refractivity contribution in [3.8, 4) is 0 Å². The Bertz CT molecular complexity index is 595. The Kier molecular flexibility index (Phi) is 4.28. The van der Waals surface area contributed by atoms with Gasteiger partial charge in [0.2, 0.25) is 5.78 Å². The molecule has 0 bridgehead atoms. The van der Waals surface area contributed by atoms with E-state index in [1.165, 1.54) is 0 Å². The topological polar surface area (TPSA) is 61.7 Å². The number of halogens is 1. The van der Waals surface area contributed by atoms with Crippen LogP contribution in [-0.4, -0.2) is 16.8 Å². The number of aliphatic imine (C=N–C) groups is 1. The number of amidine groups is 1. The minimum absolute atomic E-state index is 0.145. The zero-order chi connectivity index (χ0) is 13.7. The zero-order valence-corrected chi connectivity index (χ0v) is 10.6. The summed E-state index contributed by atoms with van der Waals surface area (Å²) in [7, 11) is 0. The van der Waals surface area contributed by atoms with Gasteiger partial charge in [-0.25, -0.2) is 10.5 Å². The number of hydrogen-bond acceptors (Lipinski definition) is 3. The molecule has 0 aliphatic heterocycles. The van der Waals surface area contributed by atoms with E-state index in [2.05, 4.69) is 4.99 Å². The summed E-state index contributed by atoms with van der Waals surface area (Å²) in [5, 5.41) is 9.58. The van der Waals surface area contributed by atoms with Crippen LogP contribution in [0.5, 0.6) is 0 Å². The number of nitrogens with zero attached hydrogens (tertiary/aromatic N) is 1. The molecule has 2 aromatic rings. The van der Waals surface area contributed by atoms with E-state index in [1.54, 1.807) is 48.5 Å². The number of carbonyl (C=O) groups excluding carboxylic acids is 1. The Balaban J connectivity index is 2.29. The highest BCUT2D eigenvalue weighted by atomic mass is 35.5. The van der Waals surface area contributed by atoms with Gasteiger partial charge in [-0.3, -0.25) is 10.0 Å². The molecule has 5 heteroatoms. The Labute approximate surface area is 115 Å². The van der Waals surface area contributed by atoms with E-state index >= 15 is 0 Å². The van der Waals surface area contributed by atoms with Gasteiger partial charge in [0.1, 0.15) is 0 Å². The second-order valence-electron chi connectivity index (χ2n) is 3.74. The highest BCUT2D eigenvalue weighted by molar-refractivity contribution is 6.45. The molecule has 0 fully saturated rings. The van der Waals surface area contributed by atoms with Crippen LogP contribution in [0.2, 0.25) is 5.02 Å². The lowest BCUT2D eigenvalue weighted by Crippen LogP contribution is -2.28. The third-order valence-corrected chi connectivity index (χ3v) is 2.68. The summed E-state index contributed by atoms with van der Waals surface area (Å²) in [6.45, 7) is 0. The molecule has 0 heterocycles. The third kappa shape index (κ3) is 3.40. The molecule has 0 saturated carbocycles. The fraction of sp³-hybridized carbons (Fsp3) is 0. The number of ketones is 1. The molecule has 0 unspecified atom stereocenters. The first-order chi connectivity index (χ1) is 9.20. The molecule has 4 nitrogen and oxygen atoms in total. The average Bonchev–Trinajstić information content (AvgIpc) is 2.46. The number of benzene rings is 2. The van der Waals surface area contributed by atoms with Crippen LogP contribution in [0.1, 0.15) is 10.4 Å². The van der Waals surface area contributed by atoms with Gasteiger partial charge in [0.05, 0.1) is 5.69 Å². The molecule has 0 aliphatic carbocycles. The molecule has 2 rings (SSSR count). The van der Waals surface area contributed by atoms with Crippen LogP contribution in [0.15, 0.2) is 59.6 Å². The minimum Gasteiger partial charge on any atom is -0.290 e. The lowest BCUT2D eigenvalue weighted by Gasteiger charge is -2.04. The molecule has 0 aromatic heterocycles. The SMILES string of the molecule is O=C(C(=Nc1ccccc1)NO)c1ccc(Cl)cc1. The molecule has 0 atom stereocenters. The summed E-state index contributed by atoms with van der Waals surface area (Å²) in [5.74, 6) is -0.559. The molecule has 0 amide bonds. The van der Waals surface area contributed by atoms with Crippen molar-refractivity contribution < 1.29 is 10.0 Å². The molecule has 96 valence electrons. The summed E-state index contributed by atoms with van der Waals surface area (Å²) < 4.78 is 0. The number of para-hydroxylation sites is 1. The van der Waals surface area contributed by atoms with Gasteiger partial charge < -0.3 is 0 Å². The largest absolute Gasteiger partial charge is 0.290 e. The standard InChI is InChI=1S/C14H11ClN2O2/c15-11-8-6-10(7-9-11)13(18)14(17-19)16-12-4-2-1-3-5-12/h1-9,19H,(H,16,17). The summed E-state index contributed by atoms with van der Waals surface area (Å²) in [6, 6.07) is 15.2. The van der Waals surface area contributed by atoms with Crippen LogP contribution in [0, 0.1) is 0 Å². The molecular formula is C14H11ClN2O2. The molecule has 0 saturated heterocycles. The molecule has 2 N–H and O–H groups in total. The fourth-order valence-electron chi connectivity index (χ4n) is 1.50. The van der Waals surface area contributed by atoms with Crippen LogP contribution >= 0.6 is 11.6 Å². The van der Waals surface area contributed by atoms with Gasteiger partial charge in [-0.2, -0.15) is 0 Å². The average molecular weight is 275 g/mol. The van der Waals surface area contributed by atoms with Gasteiger partial charge in [0.15, 0.2) is 5.84 Å². The first-order valence-corrected chi connectivity index (χ1v) is 5.92.